The lowest BCUT2D eigenvalue weighted by Crippen LogP contribution is -2.59. The van der Waals surface area contributed by atoms with Crippen LogP contribution in [0.4, 0.5) is 38.1 Å². The predicted molar refractivity (Wildman–Crippen MR) is 160 cm³/mol. The van der Waals surface area contributed by atoms with E-state index in [4.69, 9.17) is 4.74 Å². The van der Waals surface area contributed by atoms with Gasteiger partial charge < -0.3 is 29.9 Å². The molecule has 2 saturated heterocycles. The van der Waals surface area contributed by atoms with Crippen molar-refractivity contribution >= 4 is 29.3 Å². The van der Waals surface area contributed by atoms with Gasteiger partial charge in [-0.15, -0.1) is 26.3 Å². The Hall–Kier alpha value is -4.62. The summed E-state index contributed by atoms with van der Waals surface area (Å²) < 4.78 is 75.8. The van der Waals surface area contributed by atoms with Crippen LogP contribution in [0.2, 0.25) is 0 Å². The van der Waals surface area contributed by atoms with Gasteiger partial charge in [0.2, 0.25) is 11.8 Å². The standard InChI is InChI=1S/C30H31F5N4O5.C2H4/c1-38(19-6-8-21(9-7-19)44-30(33,34)35)26(40)3-2-12-43-29(42)36-18-15-39(16-18)20-13-23(31)27(24(32)14-20)22-10-11-25(17-4-5-17)37-28(22)41;1-2/h6-9,13-14,18,22H,2-5,10-12,15-16H2,1H3,(H,36,42)(H,37,41);1-2H2. The fourth-order valence-corrected chi connectivity index (χ4v) is 5.27. The van der Waals surface area contributed by atoms with Crippen LogP contribution in [0.1, 0.15) is 50.0 Å². The molecule has 248 valence electrons. The average Bonchev–Trinajstić information content (AvgIpc) is 3.83. The summed E-state index contributed by atoms with van der Waals surface area (Å²) in [6, 6.07) is 6.93. The minimum atomic E-state index is -4.81. The minimum Gasteiger partial charge on any atom is -0.450 e. The van der Waals surface area contributed by atoms with E-state index in [9.17, 15) is 36.3 Å². The third-order valence-corrected chi connectivity index (χ3v) is 7.78. The molecule has 3 aliphatic rings. The van der Waals surface area contributed by atoms with Crippen molar-refractivity contribution in [3.63, 3.8) is 0 Å². The van der Waals surface area contributed by atoms with Crippen molar-refractivity contribution in [2.75, 3.05) is 36.5 Å². The van der Waals surface area contributed by atoms with Gasteiger partial charge in [-0.25, -0.2) is 13.6 Å². The first-order valence-corrected chi connectivity index (χ1v) is 14.7. The summed E-state index contributed by atoms with van der Waals surface area (Å²) in [5, 5.41) is 5.46. The number of nitrogens with one attached hydrogen (secondary N) is 2. The van der Waals surface area contributed by atoms with E-state index in [2.05, 4.69) is 28.5 Å². The van der Waals surface area contributed by atoms with E-state index in [0.29, 0.717) is 37.3 Å². The van der Waals surface area contributed by atoms with Gasteiger partial charge in [0.15, 0.2) is 0 Å². The summed E-state index contributed by atoms with van der Waals surface area (Å²) in [6.07, 6.45) is -2.44. The van der Waals surface area contributed by atoms with Crippen LogP contribution in [0.5, 0.6) is 5.75 Å². The van der Waals surface area contributed by atoms with Gasteiger partial charge in [0.05, 0.1) is 18.6 Å². The Morgan fingerprint density at radius 2 is 1.70 bits per heavy atom. The zero-order valence-corrected chi connectivity index (χ0v) is 25.2. The molecule has 1 unspecified atom stereocenters. The molecule has 2 heterocycles. The number of allylic oxidation sites excluding steroid dienone is 2. The maximum atomic E-state index is 15.0. The molecule has 5 rings (SSSR count). The Kier molecular flexibility index (Phi) is 10.9. The summed E-state index contributed by atoms with van der Waals surface area (Å²) in [5.74, 6) is -3.59. The van der Waals surface area contributed by atoms with Crippen molar-refractivity contribution in [2.45, 2.75) is 56.8 Å². The van der Waals surface area contributed by atoms with E-state index in [1.54, 1.807) is 4.90 Å². The number of alkyl halides is 3. The average molecular weight is 651 g/mol. The first kappa shape index (κ1) is 34.3. The predicted octanol–water partition coefficient (Wildman–Crippen LogP) is 6.07. The van der Waals surface area contributed by atoms with Crippen molar-refractivity contribution < 1.29 is 45.8 Å². The van der Waals surface area contributed by atoms with Crippen LogP contribution in [0.3, 0.4) is 0 Å². The Labute approximate surface area is 263 Å². The number of carbonyl (C=O) groups is 3. The highest BCUT2D eigenvalue weighted by atomic mass is 19.4. The van der Waals surface area contributed by atoms with E-state index in [0.717, 1.165) is 30.7 Å². The number of halogens is 5. The highest BCUT2D eigenvalue weighted by Crippen LogP contribution is 2.39. The number of hydrogen-bond donors (Lipinski definition) is 2. The Balaban J connectivity index is 0.00000235. The summed E-state index contributed by atoms with van der Waals surface area (Å²) in [6.45, 7) is 6.54. The van der Waals surface area contributed by atoms with Gasteiger partial charge in [0, 0.05) is 49.2 Å². The van der Waals surface area contributed by atoms with E-state index in [1.165, 1.54) is 41.8 Å². The van der Waals surface area contributed by atoms with Crippen LogP contribution < -0.4 is 25.2 Å². The van der Waals surface area contributed by atoms with Crippen molar-refractivity contribution in [3.8, 4) is 5.75 Å². The van der Waals surface area contributed by atoms with Crippen molar-refractivity contribution in [1.82, 2.24) is 10.6 Å². The van der Waals surface area contributed by atoms with E-state index >= 15 is 0 Å². The molecular formula is C32H35F5N4O5. The molecular weight excluding hydrogens is 615 g/mol. The smallest absolute Gasteiger partial charge is 0.450 e. The number of hydrogen-bond acceptors (Lipinski definition) is 6. The highest BCUT2D eigenvalue weighted by Gasteiger charge is 2.35. The van der Waals surface area contributed by atoms with E-state index in [1.807, 2.05) is 0 Å². The molecule has 2 aliphatic heterocycles. The molecule has 0 bridgehead atoms. The summed E-state index contributed by atoms with van der Waals surface area (Å²) >= 11 is 0. The number of nitrogens with zero attached hydrogens (tertiary/aromatic N) is 2. The van der Waals surface area contributed by atoms with Gasteiger partial charge in [-0.05, 0) is 68.5 Å². The molecule has 14 heteroatoms. The molecule has 1 saturated carbocycles. The first-order chi connectivity index (χ1) is 21.9. The third kappa shape index (κ3) is 8.76. The molecule has 3 amide bonds. The molecule has 2 aromatic carbocycles. The molecule has 1 atom stereocenters. The van der Waals surface area contributed by atoms with Gasteiger partial charge in [-0.2, -0.15) is 0 Å². The van der Waals surface area contributed by atoms with Crippen molar-refractivity contribution in [2.24, 2.45) is 0 Å². The summed E-state index contributed by atoms with van der Waals surface area (Å²) in [5.41, 5.74) is 2.52. The molecule has 2 aromatic rings. The zero-order valence-electron chi connectivity index (χ0n) is 25.2. The second-order valence-electron chi connectivity index (χ2n) is 11.0. The fraction of sp³-hybridized carbons (Fsp3) is 0.406. The Morgan fingerprint density at radius 3 is 2.26 bits per heavy atom. The maximum absolute atomic E-state index is 15.0. The zero-order chi connectivity index (χ0) is 33.6. The number of rotatable bonds is 9. The van der Waals surface area contributed by atoms with E-state index in [-0.39, 0.29) is 37.0 Å². The Bertz CT molecular complexity index is 1450. The topological polar surface area (TPSA) is 100 Å². The second-order valence-corrected chi connectivity index (χ2v) is 11.0. The Morgan fingerprint density at radius 1 is 1.07 bits per heavy atom. The summed E-state index contributed by atoms with van der Waals surface area (Å²) in [4.78, 5) is 40.0. The third-order valence-electron chi connectivity index (χ3n) is 7.78. The number of alkyl carbamates (subject to hydrolysis) is 1. The fourth-order valence-electron chi connectivity index (χ4n) is 5.27. The minimum absolute atomic E-state index is 0.0241. The van der Waals surface area contributed by atoms with Gasteiger partial charge in [0.25, 0.3) is 0 Å². The SMILES string of the molecule is C=C.CN(C(=O)CCCOC(=O)NC1CN(c2cc(F)c(C3CCC(=C4CC4)NC3=O)c(F)c2)C1)c1ccc(OC(F)(F)F)cc1. The van der Waals surface area contributed by atoms with Gasteiger partial charge in [-0.1, -0.05) is 5.57 Å². The number of amides is 3. The van der Waals surface area contributed by atoms with E-state index < -0.39 is 41.7 Å². The van der Waals surface area contributed by atoms with Gasteiger partial charge in [0.1, 0.15) is 17.4 Å². The van der Waals surface area contributed by atoms with Crippen molar-refractivity contribution in [3.05, 3.63) is 78.0 Å². The largest absolute Gasteiger partial charge is 0.573 e. The molecule has 0 radical (unpaired) electrons. The number of benzene rings is 2. The molecule has 46 heavy (non-hydrogen) atoms. The number of piperidine rings is 1. The van der Waals surface area contributed by atoms with Crippen LogP contribution in [0.15, 0.2) is 60.8 Å². The van der Waals surface area contributed by atoms with Crippen LogP contribution in [0, 0.1) is 11.6 Å². The normalized spacial score (nSPS) is 17.7. The lowest BCUT2D eigenvalue weighted by Gasteiger charge is -2.41. The van der Waals surface area contributed by atoms with Crippen molar-refractivity contribution in [1.29, 1.82) is 0 Å². The highest BCUT2D eigenvalue weighted by molar-refractivity contribution is 5.92. The number of ether oxygens (including phenoxy) is 2. The van der Waals surface area contributed by atoms with Crippen LogP contribution in [-0.4, -0.2) is 57.1 Å². The van der Waals surface area contributed by atoms with Gasteiger partial charge >= 0.3 is 12.5 Å². The van der Waals surface area contributed by atoms with Crippen LogP contribution in [0.25, 0.3) is 0 Å². The van der Waals surface area contributed by atoms with Crippen LogP contribution in [-0.2, 0) is 14.3 Å². The summed E-state index contributed by atoms with van der Waals surface area (Å²) in [7, 11) is 1.47. The molecule has 1 aliphatic carbocycles. The molecule has 0 spiro atoms. The molecule has 3 fully saturated rings. The lowest BCUT2D eigenvalue weighted by molar-refractivity contribution is -0.274. The molecule has 9 nitrogen and oxygen atoms in total. The molecule has 0 aromatic heterocycles. The number of carbonyl (C=O) groups excluding carboxylic acids is 3. The number of anilines is 2. The monoisotopic (exact) mass is 650 g/mol. The first-order valence-electron chi connectivity index (χ1n) is 14.7. The maximum Gasteiger partial charge on any atom is 0.573 e. The van der Waals surface area contributed by atoms with Crippen LogP contribution >= 0.6 is 0 Å². The lowest BCUT2D eigenvalue weighted by atomic mass is 9.88. The molecule has 2 N–H and O–H groups in total. The second kappa shape index (κ2) is 14.6. The quantitative estimate of drug-likeness (QED) is 0.194. The van der Waals surface area contributed by atoms with Gasteiger partial charge in [-0.3, -0.25) is 9.59 Å².